The monoisotopic (exact) mass is 317 g/mol. The summed E-state index contributed by atoms with van der Waals surface area (Å²) in [6.07, 6.45) is 2.14. The molecule has 4 heteroatoms. The number of nitrogens with one attached hydrogen (secondary N) is 1. The fourth-order valence-electron chi connectivity index (χ4n) is 1.23. The van der Waals surface area contributed by atoms with Gasteiger partial charge in [0.05, 0.1) is 0 Å². The summed E-state index contributed by atoms with van der Waals surface area (Å²) in [7, 11) is 0. The molecular formula is C13H20BrNOS. The van der Waals surface area contributed by atoms with Crippen molar-refractivity contribution in [2.45, 2.75) is 18.6 Å². The van der Waals surface area contributed by atoms with Crippen LogP contribution in [-0.4, -0.2) is 30.7 Å². The first-order valence-corrected chi connectivity index (χ1v) is 7.69. The molecule has 1 rings (SSSR count). The quantitative estimate of drug-likeness (QED) is 0.777. The van der Waals surface area contributed by atoms with Crippen LogP contribution in [0.25, 0.3) is 0 Å². The van der Waals surface area contributed by atoms with Crippen molar-refractivity contribution >= 4 is 27.7 Å². The van der Waals surface area contributed by atoms with E-state index >= 15 is 0 Å². The minimum atomic E-state index is 0.289. The average molecular weight is 318 g/mol. The summed E-state index contributed by atoms with van der Waals surface area (Å²) in [5, 5.41) is 3.40. The normalized spacial score (nSPS) is 11.5. The maximum absolute atomic E-state index is 5.62. The molecule has 0 unspecified atom stereocenters. The first kappa shape index (κ1) is 14.9. The van der Waals surface area contributed by atoms with E-state index in [4.69, 9.17) is 4.74 Å². The van der Waals surface area contributed by atoms with Gasteiger partial charge in [0.2, 0.25) is 0 Å². The van der Waals surface area contributed by atoms with Gasteiger partial charge < -0.3 is 10.1 Å². The maximum Gasteiger partial charge on any atom is 0.119 e. The molecule has 0 atom stereocenters. The van der Waals surface area contributed by atoms with Crippen molar-refractivity contribution in [2.75, 3.05) is 26.0 Å². The predicted octanol–water partition coefficient (Wildman–Crippen LogP) is 3.56. The van der Waals surface area contributed by atoms with E-state index in [2.05, 4.69) is 41.3 Å². The van der Waals surface area contributed by atoms with Crippen LogP contribution < -0.4 is 10.1 Å². The van der Waals surface area contributed by atoms with E-state index in [1.807, 2.05) is 36.0 Å². The van der Waals surface area contributed by atoms with Crippen LogP contribution in [0.4, 0.5) is 0 Å². The van der Waals surface area contributed by atoms with E-state index in [1.54, 1.807) is 0 Å². The zero-order chi connectivity index (χ0) is 12.7. The van der Waals surface area contributed by atoms with Crippen LogP contribution >= 0.6 is 27.7 Å². The Balaban J connectivity index is 2.14. The molecule has 2 nitrogen and oxygen atoms in total. The number of rotatable bonds is 7. The number of benzene rings is 1. The van der Waals surface area contributed by atoms with Crippen LogP contribution in [0.5, 0.6) is 5.75 Å². The zero-order valence-corrected chi connectivity index (χ0v) is 13.0. The van der Waals surface area contributed by atoms with E-state index in [9.17, 15) is 0 Å². The summed E-state index contributed by atoms with van der Waals surface area (Å²) < 4.78 is 6.98. The molecule has 0 aliphatic rings. The summed E-state index contributed by atoms with van der Waals surface area (Å²) in [6.45, 7) is 7.05. The topological polar surface area (TPSA) is 21.3 Å². The van der Waals surface area contributed by atoms with Crippen molar-refractivity contribution in [3.05, 3.63) is 28.7 Å². The van der Waals surface area contributed by atoms with E-state index in [0.717, 1.165) is 23.3 Å². The highest BCUT2D eigenvalue weighted by atomic mass is 79.9. The molecular weight excluding hydrogens is 298 g/mol. The summed E-state index contributed by atoms with van der Waals surface area (Å²) in [5.41, 5.74) is 0. The Morgan fingerprint density at radius 3 is 2.53 bits per heavy atom. The molecule has 1 N–H and O–H groups in total. The Kier molecular flexibility index (Phi) is 6.38. The van der Waals surface area contributed by atoms with Gasteiger partial charge in [-0.3, -0.25) is 0 Å². The standard InChI is InChI=1S/C13H20BrNOS/c1-13(2,17-3)10-15-8-9-16-12-6-4-11(14)5-7-12/h4-7,15H,8-10H2,1-3H3. The van der Waals surface area contributed by atoms with Gasteiger partial charge in [0.1, 0.15) is 12.4 Å². The molecule has 0 aliphatic carbocycles. The van der Waals surface area contributed by atoms with Gasteiger partial charge in [0.15, 0.2) is 0 Å². The lowest BCUT2D eigenvalue weighted by atomic mass is 10.2. The number of thioether (sulfide) groups is 1. The number of hydrogen-bond acceptors (Lipinski definition) is 3. The van der Waals surface area contributed by atoms with Crippen LogP contribution in [0.15, 0.2) is 28.7 Å². The molecule has 0 saturated carbocycles. The predicted molar refractivity (Wildman–Crippen MR) is 80.1 cm³/mol. The van der Waals surface area contributed by atoms with E-state index < -0.39 is 0 Å². The summed E-state index contributed by atoms with van der Waals surface area (Å²) in [6, 6.07) is 7.91. The highest BCUT2D eigenvalue weighted by molar-refractivity contribution is 9.10. The molecule has 0 saturated heterocycles. The van der Waals surface area contributed by atoms with E-state index in [-0.39, 0.29) is 4.75 Å². The van der Waals surface area contributed by atoms with Crippen molar-refractivity contribution in [3.63, 3.8) is 0 Å². The smallest absolute Gasteiger partial charge is 0.119 e. The Morgan fingerprint density at radius 2 is 1.94 bits per heavy atom. The van der Waals surface area contributed by atoms with E-state index in [0.29, 0.717) is 6.61 Å². The largest absolute Gasteiger partial charge is 0.492 e. The summed E-state index contributed by atoms with van der Waals surface area (Å²) >= 11 is 5.27. The van der Waals surface area contributed by atoms with Crippen molar-refractivity contribution < 1.29 is 4.74 Å². The molecule has 0 aliphatic heterocycles. The van der Waals surface area contributed by atoms with Gasteiger partial charge >= 0.3 is 0 Å². The second kappa shape index (κ2) is 7.29. The summed E-state index contributed by atoms with van der Waals surface area (Å²) in [5.74, 6) is 0.916. The molecule has 96 valence electrons. The lowest BCUT2D eigenvalue weighted by molar-refractivity contribution is 0.312. The van der Waals surface area contributed by atoms with Gasteiger partial charge in [-0.25, -0.2) is 0 Å². The Labute approximate surface area is 117 Å². The third-order valence-electron chi connectivity index (χ3n) is 2.46. The molecule has 1 aromatic carbocycles. The van der Waals surface area contributed by atoms with Gasteiger partial charge in [0, 0.05) is 22.3 Å². The van der Waals surface area contributed by atoms with Gasteiger partial charge in [-0.1, -0.05) is 15.9 Å². The SMILES string of the molecule is CSC(C)(C)CNCCOc1ccc(Br)cc1. The molecule has 1 aromatic rings. The number of halogens is 1. The Hall–Kier alpha value is -0.190. The molecule has 0 radical (unpaired) electrons. The highest BCUT2D eigenvalue weighted by Crippen LogP contribution is 2.19. The fraction of sp³-hybridized carbons (Fsp3) is 0.538. The van der Waals surface area contributed by atoms with Crippen molar-refractivity contribution in [3.8, 4) is 5.75 Å². The fourth-order valence-corrected chi connectivity index (χ4v) is 1.74. The minimum Gasteiger partial charge on any atom is -0.492 e. The lowest BCUT2D eigenvalue weighted by Gasteiger charge is -2.22. The molecule has 0 heterocycles. The van der Waals surface area contributed by atoms with Gasteiger partial charge in [-0.2, -0.15) is 11.8 Å². The molecule has 17 heavy (non-hydrogen) atoms. The Morgan fingerprint density at radius 1 is 1.29 bits per heavy atom. The first-order chi connectivity index (χ1) is 8.03. The van der Waals surface area contributed by atoms with Crippen LogP contribution in [0, 0.1) is 0 Å². The lowest BCUT2D eigenvalue weighted by Crippen LogP contribution is -2.34. The Bertz CT molecular complexity index is 327. The molecule has 0 spiro atoms. The second-order valence-corrected chi connectivity index (χ2v) is 6.87. The van der Waals surface area contributed by atoms with Gasteiger partial charge in [-0.15, -0.1) is 0 Å². The first-order valence-electron chi connectivity index (χ1n) is 5.68. The van der Waals surface area contributed by atoms with Crippen molar-refractivity contribution in [2.24, 2.45) is 0 Å². The van der Waals surface area contributed by atoms with Crippen molar-refractivity contribution in [1.29, 1.82) is 0 Å². The second-order valence-electron chi connectivity index (χ2n) is 4.44. The van der Waals surface area contributed by atoms with E-state index in [1.165, 1.54) is 0 Å². The van der Waals surface area contributed by atoms with Gasteiger partial charge in [-0.05, 0) is 44.4 Å². The van der Waals surface area contributed by atoms with Crippen LogP contribution in [-0.2, 0) is 0 Å². The summed E-state index contributed by atoms with van der Waals surface area (Å²) in [4.78, 5) is 0. The van der Waals surface area contributed by atoms with Crippen LogP contribution in [0.1, 0.15) is 13.8 Å². The number of ether oxygens (including phenoxy) is 1. The molecule has 0 bridgehead atoms. The third-order valence-corrected chi connectivity index (χ3v) is 4.24. The van der Waals surface area contributed by atoms with Crippen LogP contribution in [0.2, 0.25) is 0 Å². The number of hydrogen-bond donors (Lipinski definition) is 1. The molecule has 0 aromatic heterocycles. The van der Waals surface area contributed by atoms with Crippen molar-refractivity contribution in [1.82, 2.24) is 5.32 Å². The highest BCUT2D eigenvalue weighted by Gasteiger charge is 2.14. The molecule has 0 amide bonds. The van der Waals surface area contributed by atoms with Gasteiger partial charge in [0.25, 0.3) is 0 Å². The van der Waals surface area contributed by atoms with Crippen LogP contribution in [0.3, 0.4) is 0 Å². The third kappa shape index (κ3) is 6.34. The minimum absolute atomic E-state index is 0.289. The molecule has 0 fully saturated rings. The average Bonchev–Trinajstić information content (AvgIpc) is 2.31. The maximum atomic E-state index is 5.62. The zero-order valence-electron chi connectivity index (χ0n) is 10.6.